The fourth-order valence-corrected chi connectivity index (χ4v) is 3.01. The van der Waals surface area contributed by atoms with Crippen LogP contribution in [-0.4, -0.2) is 28.6 Å². The summed E-state index contributed by atoms with van der Waals surface area (Å²) < 4.78 is 0. The molecule has 1 aromatic heterocycles. The molecule has 0 aliphatic heterocycles. The molecule has 0 spiro atoms. The van der Waals surface area contributed by atoms with Crippen LogP contribution in [0.5, 0.6) is 0 Å². The third kappa shape index (κ3) is 3.03. The molecule has 0 radical (unpaired) electrons. The fourth-order valence-electron chi connectivity index (χ4n) is 3.01. The highest BCUT2D eigenvalue weighted by Crippen LogP contribution is 2.24. The predicted molar refractivity (Wildman–Crippen MR) is 83.0 cm³/mol. The van der Waals surface area contributed by atoms with E-state index < -0.39 is 0 Å². The van der Waals surface area contributed by atoms with Gasteiger partial charge in [0.25, 0.3) is 5.91 Å². The number of hydrogen-bond acceptors (Lipinski definition) is 3. The zero-order valence-corrected chi connectivity index (χ0v) is 11.9. The number of anilines is 1. The molecule has 1 saturated carbocycles. The number of aromatic amines is 1. The van der Waals surface area contributed by atoms with Gasteiger partial charge in [-0.05, 0) is 49.8 Å². The number of carbonyl (C=O) groups is 1. The lowest BCUT2D eigenvalue weighted by Crippen LogP contribution is -2.32. The topological polar surface area (TPSA) is 91.1 Å². The Morgan fingerprint density at radius 3 is 2.86 bits per heavy atom. The molecule has 1 aromatic carbocycles. The van der Waals surface area contributed by atoms with E-state index in [0.29, 0.717) is 23.7 Å². The number of nitrogens with two attached hydrogens (primary N) is 1. The van der Waals surface area contributed by atoms with Gasteiger partial charge in [-0.1, -0.05) is 0 Å². The number of aliphatic hydroxyl groups excluding tert-OH is 1. The van der Waals surface area contributed by atoms with E-state index in [1.165, 1.54) is 0 Å². The van der Waals surface area contributed by atoms with Crippen LogP contribution in [-0.2, 0) is 0 Å². The number of rotatable bonds is 3. The molecule has 5 N–H and O–H groups in total. The summed E-state index contributed by atoms with van der Waals surface area (Å²) in [7, 11) is 0. The normalized spacial score (nSPS) is 22.3. The van der Waals surface area contributed by atoms with E-state index in [9.17, 15) is 9.90 Å². The minimum Gasteiger partial charge on any atom is -0.399 e. The molecule has 5 nitrogen and oxygen atoms in total. The maximum Gasteiger partial charge on any atom is 0.253 e. The van der Waals surface area contributed by atoms with E-state index in [1.807, 2.05) is 18.2 Å². The van der Waals surface area contributed by atoms with Gasteiger partial charge in [0.2, 0.25) is 0 Å². The Kier molecular flexibility index (Phi) is 3.84. The van der Waals surface area contributed by atoms with Crippen molar-refractivity contribution in [2.45, 2.75) is 31.8 Å². The van der Waals surface area contributed by atoms with Crippen LogP contribution in [0.25, 0.3) is 10.9 Å². The molecule has 1 fully saturated rings. The zero-order valence-electron chi connectivity index (χ0n) is 11.9. The monoisotopic (exact) mass is 287 g/mol. The maximum absolute atomic E-state index is 12.3. The summed E-state index contributed by atoms with van der Waals surface area (Å²) in [6.07, 6.45) is 5.19. The average molecular weight is 287 g/mol. The molecule has 5 heteroatoms. The third-order valence-electron chi connectivity index (χ3n) is 4.32. The molecule has 1 aliphatic carbocycles. The molecule has 1 aliphatic rings. The molecule has 0 bridgehead atoms. The Balaban J connectivity index is 1.65. The van der Waals surface area contributed by atoms with Gasteiger partial charge in [-0.3, -0.25) is 4.79 Å². The second kappa shape index (κ2) is 5.77. The van der Waals surface area contributed by atoms with Gasteiger partial charge in [-0.2, -0.15) is 0 Å². The first kappa shape index (κ1) is 13.9. The molecule has 0 saturated heterocycles. The van der Waals surface area contributed by atoms with Crippen LogP contribution in [0.15, 0.2) is 24.4 Å². The molecular formula is C16H21N3O2. The Morgan fingerprint density at radius 1 is 1.33 bits per heavy atom. The largest absolute Gasteiger partial charge is 0.399 e. The average Bonchev–Trinajstić information content (AvgIpc) is 2.89. The number of H-pyrrole nitrogens is 1. The van der Waals surface area contributed by atoms with Crippen molar-refractivity contribution in [3.05, 3.63) is 30.0 Å². The van der Waals surface area contributed by atoms with Crippen molar-refractivity contribution in [3.8, 4) is 0 Å². The molecule has 3 rings (SSSR count). The second-order valence-electron chi connectivity index (χ2n) is 5.89. The minimum atomic E-state index is -0.159. The summed E-state index contributed by atoms with van der Waals surface area (Å²) in [6, 6.07) is 5.51. The molecule has 2 aromatic rings. The van der Waals surface area contributed by atoms with Crippen LogP contribution < -0.4 is 11.1 Å². The lowest BCUT2D eigenvalue weighted by molar-refractivity contribution is 0.0911. The van der Waals surface area contributed by atoms with Crippen LogP contribution in [0.1, 0.15) is 36.0 Å². The highest BCUT2D eigenvalue weighted by molar-refractivity contribution is 6.07. The maximum atomic E-state index is 12.3. The van der Waals surface area contributed by atoms with Crippen molar-refractivity contribution in [2.24, 2.45) is 5.92 Å². The number of nitrogens with one attached hydrogen (secondary N) is 2. The minimum absolute atomic E-state index is 0.0713. The van der Waals surface area contributed by atoms with Crippen molar-refractivity contribution in [1.29, 1.82) is 0 Å². The number of carbonyl (C=O) groups excluding carboxylic acids is 1. The van der Waals surface area contributed by atoms with Crippen molar-refractivity contribution in [3.63, 3.8) is 0 Å². The first-order valence-corrected chi connectivity index (χ1v) is 7.46. The summed E-state index contributed by atoms with van der Waals surface area (Å²) >= 11 is 0. The molecule has 112 valence electrons. The number of fused-ring (bicyclic) bond motifs is 1. The van der Waals surface area contributed by atoms with E-state index in [0.717, 1.165) is 36.6 Å². The lowest BCUT2D eigenvalue weighted by Gasteiger charge is -2.25. The van der Waals surface area contributed by atoms with E-state index in [2.05, 4.69) is 10.3 Å². The highest BCUT2D eigenvalue weighted by atomic mass is 16.3. The van der Waals surface area contributed by atoms with Gasteiger partial charge >= 0.3 is 0 Å². The number of aromatic nitrogens is 1. The van der Waals surface area contributed by atoms with Crippen LogP contribution in [0.4, 0.5) is 5.69 Å². The molecular weight excluding hydrogens is 266 g/mol. The summed E-state index contributed by atoms with van der Waals surface area (Å²) in [6.45, 7) is 0.667. The van der Waals surface area contributed by atoms with E-state index in [-0.39, 0.29) is 12.0 Å². The van der Waals surface area contributed by atoms with E-state index in [1.54, 1.807) is 6.20 Å². The summed E-state index contributed by atoms with van der Waals surface area (Å²) in [5.41, 5.74) is 7.98. The number of benzene rings is 1. The number of aliphatic hydroxyl groups is 1. The number of nitrogen functional groups attached to an aromatic ring is 1. The van der Waals surface area contributed by atoms with Crippen LogP contribution in [0.3, 0.4) is 0 Å². The molecule has 1 heterocycles. The smallest absolute Gasteiger partial charge is 0.253 e. The Bertz CT molecular complexity index is 642. The predicted octanol–water partition coefficient (Wildman–Crippen LogP) is 2.03. The fraction of sp³-hybridized carbons (Fsp3) is 0.438. The van der Waals surface area contributed by atoms with Gasteiger partial charge in [-0.15, -0.1) is 0 Å². The summed E-state index contributed by atoms with van der Waals surface area (Å²) in [5.74, 6) is 0.394. The molecule has 21 heavy (non-hydrogen) atoms. The van der Waals surface area contributed by atoms with Crippen molar-refractivity contribution in [1.82, 2.24) is 10.3 Å². The van der Waals surface area contributed by atoms with Gasteiger partial charge in [-0.25, -0.2) is 0 Å². The number of amides is 1. The van der Waals surface area contributed by atoms with E-state index in [4.69, 9.17) is 5.73 Å². The Morgan fingerprint density at radius 2 is 2.10 bits per heavy atom. The quantitative estimate of drug-likeness (QED) is 0.651. The van der Waals surface area contributed by atoms with Crippen molar-refractivity contribution in [2.75, 3.05) is 12.3 Å². The van der Waals surface area contributed by atoms with Crippen LogP contribution >= 0.6 is 0 Å². The van der Waals surface area contributed by atoms with Gasteiger partial charge in [0.05, 0.1) is 11.7 Å². The van der Waals surface area contributed by atoms with Gasteiger partial charge in [0, 0.05) is 29.3 Å². The van der Waals surface area contributed by atoms with Crippen LogP contribution in [0.2, 0.25) is 0 Å². The van der Waals surface area contributed by atoms with Gasteiger partial charge in [0.1, 0.15) is 0 Å². The lowest BCUT2D eigenvalue weighted by atomic mass is 9.87. The second-order valence-corrected chi connectivity index (χ2v) is 5.89. The zero-order chi connectivity index (χ0) is 14.8. The third-order valence-corrected chi connectivity index (χ3v) is 4.32. The number of hydrogen-bond donors (Lipinski definition) is 4. The molecule has 0 unspecified atom stereocenters. The summed E-state index contributed by atoms with van der Waals surface area (Å²) in [5, 5.41) is 13.3. The Labute approximate surface area is 123 Å². The highest BCUT2D eigenvalue weighted by Gasteiger charge is 2.20. The standard InChI is InChI=1S/C16H21N3O2/c17-11-3-6-15-13(7-11)14(9-18-15)16(21)19-8-10-1-4-12(20)5-2-10/h3,6-7,9-10,12,18,20H,1-2,4-5,8,17H2,(H,19,21). The Hall–Kier alpha value is -2.01. The van der Waals surface area contributed by atoms with Gasteiger partial charge < -0.3 is 21.1 Å². The molecule has 0 atom stereocenters. The first-order valence-electron chi connectivity index (χ1n) is 7.46. The van der Waals surface area contributed by atoms with Crippen molar-refractivity contribution < 1.29 is 9.90 Å². The van der Waals surface area contributed by atoms with E-state index >= 15 is 0 Å². The first-order chi connectivity index (χ1) is 10.1. The molecule has 1 amide bonds. The van der Waals surface area contributed by atoms with Gasteiger partial charge in [0.15, 0.2) is 0 Å². The van der Waals surface area contributed by atoms with Crippen LogP contribution in [0, 0.1) is 5.92 Å². The summed E-state index contributed by atoms with van der Waals surface area (Å²) in [4.78, 5) is 15.4. The SMILES string of the molecule is Nc1ccc2[nH]cc(C(=O)NCC3CCC(O)CC3)c2c1. The van der Waals surface area contributed by atoms with Crippen molar-refractivity contribution >= 4 is 22.5 Å².